The monoisotopic (exact) mass is 268 g/mol. The Morgan fingerprint density at radius 2 is 2.05 bits per heavy atom. The van der Waals surface area contributed by atoms with Crippen molar-refractivity contribution in [3.8, 4) is 11.4 Å². The lowest BCUT2D eigenvalue weighted by molar-refractivity contribution is 0.292. The summed E-state index contributed by atoms with van der Waals surface area (Å²) in [7, 11) is 0. The molecule has 2 heterocycles. The molecular weight excluding hydrogens is 252 g/mol. The zero-order valence-electron chi connectivity index (χ0n) is 11.0. The number of H-pyrrole nitrogens is 1. The van der Waals surface area contributed by atoms with E-state index in [4.69, 9.17) is 5.11 Å². The van der Waals surface area contributed by atoms with Gasteiger partial charge >= 0.3 is 0 Å². The first kappa shape index (κ1) is 12.6. The van der Waals surface area contributed by atoms with E-state index in [0.29, 0.717) is 18.8 Å². The third-order valence-corrected chi connectivity index (χ3v) is 3.09. The molecule has 0 saturated carbocycles. The van der Waals surface area contributed by atoms with E-state index in [1.54, 1.807) is 0 Å². The van der Waals surface area contributed by atoms with Crippen LogP contribution in [0.2, 0.25) is 0 Å². The molecule has 0 unspecified atom stereocenters. The van der Waals surface area contributed by atoms with Crippen molar-refractivity contribution in [1.82, 2.24) is 15.0 Å². The molecule has 0 radical (unpaired) electrons. The van der Waals surface area contributed by atoms with Crippen molar-refractivity contribution in [2.45, 2.75) is 6.42 Å². The number of aliphatic hydroxyl groups excluding tert-OH is 1. The minimum atomic E-state index is 0.167. The predicted molar refractivity (Wildman–Crippen MR) is 79.5 cm³/mol. The van der Waals surface area contributed by atoms with Gasteiger partial charge in [-0.1, -0.05) is 12.1 Å². The predicted octanol–water partition coefficient (Wildman–Crippen LogP) is 2.42. The Labute approximate surface area is 116 Å². The van der Waals surface area contributed by atoms with Gasteiger partial charge in [0.05, 0.1) is 5.52 Å². The van der Waals surface area contributed by atoms with Gasteiger partial charge in [-0.2, -0.15) is 0 Å². The Hall–Kier alpha value is -2.40. The van der Waals surface area contributed by atoms with Gasteiger partial charge in [-0.15, -0.1) is 0 Å². The number of fused-ring (bicyclic) bond motifs is 1. The van der Waals surface area contributed by atoms with Crippen molar-refractivity contribution in [2.24, 2.45) is 0 Å². The van der Waals surface area contributed by atoms with Gasteiger partial charge in [-0.3, -0.25) is 0 Å². The van der Waals surface area contributed by atoms with E-state index in [0.717, 1.165) is 22.3 Å². The fourth-order valence-corrected chi connectivity index (χ4v) is 2.09. The van der Waals surface area contributed by atoms with Crippen LogP contribution in [0.15, 0.2) is 42.7 Å². The number of para-hydroxylation sites is 1. The summed E-state index contributed by atoms with van der Waals surface area (Å²) in [5.41, 5.74) is 1.87. The van der Waals surface area contributed by atoms with Crippen LogP contribution in [0.25, 0.3) is 22.3 Å². The summed E-state index contributed by atoms with van der Waals surface area (Å²) in [4.78, 5) is 12.2. The van der Waals surface area contributed by atoms with Gasteiger partial charge < -0.3 is 15.4 Å². The summed E-state index contributed by atoms with van der Waals surface area (Å²) in [5, 5.41) is 13.1. The molecule has 5 heteroatoms. The van der Waals surface area contributed by atoms with Gasteiger partial charge in [-0.05, 0) is 24.6 Å². The van der Waals surface area contributed by atoms with Crippen LogP contribution in [0, 0.1) is 0 Å². The second kappa shape index (κ2) is 5.71. The van der Waals surface area contributed by atoms with E-state index in [9.17, 15) is 0 Å². The van der Waals surface area contributed by atoms with Crippen molar-refractivity contribution in [1.29, 1.82) is 0 Å². The van der Waals surface area contributed by atoms with Gasteiger partial charge in [-0.25, -0.2) is 9.97 Å². The number of aromatic nitrogens is 3. The number of nitrogens with one attached hydrogen (secondary N) is 2. The van der Waals surface area contributed by atoms with Crippen LogP contribution in [-0.2, 0) is 0 Å². The number of hydrogen-bond donors (Lipinski definition) is 3. The summed E-state index contributed by atoms with van der Waals surface area (Å²) in [6.45, 7) is 0.852. The topological polar surface area (TPSA) is 73.8 Å². The van der Waals surface area contributed by atoms with E-state index >= 15 is 0 Å². The number of hydrogen-bond acceptors (Lipinski definition) is 4. The molecule has 0 bridgehead atoms. The van der Waals surface area contributed by atoms with Crippen LogP contribution in [0.4, 0.5) is 5.82 Å². The average Bonchev–Trinajstić information content (AvgIpc) is 3.01. The quantitative estimate of drug-likeness (QED) is 0.621. The largest absolute Gasteiger partial charge is 0.396 e. The van der Waals surface area contributed by atoms with Gasteiger partial charge in [0.1, 0.15) is 5.82 Å². The zero-order chi connectivity index (χ0) is 13.8. The molecule has 2 aromatic heterocycles. The Kier molecular flexibility index (Phi) is 3.60. The minimum absolute atomic E-state index is 0.167. The third-order valence-electron chi connectivity index (χ3n) is 3.09. The first-order valence-corrected chi connectivity index (χ1v) is 6.63. The average molecular weight is 268 g/mol. The summed E-state index contributed by atoms with van der Waals surface area (Å²) >= 11 is 0. The molecule has 0 aliphatic carbocycles. The first-order valence-electron chi connectivity index (χ1n) is 6.63. The maximum Gasteiger partial charge on any atom is 0.163 e. The Morgan fingerprint density at radius 1 is 1.15 bits per heavy atom. The fraction of sp³-hybridized carbons (Fsp3) is 0.200. The second-order valence-corrected chi connectivity index (χ2v) is 4.52. The molecule has 5 nitrogen and oxygen atoms in total. The number of aliphatic hydroxyl groups is 1. The lowest BCUT2D eigenvalue weighted by Gasteiger charge is -2.09. The molecule has 3 aromatic rings. The van der Waals surface area contributed by atoms with Crippen molar-refractivity contribution >= 4 is 16.7 Å². The molecule has 0 saturated heterocycles. The molecule has 0 fully saturated rings. The van der Waals surface area contributed by atoms with Crippen LogP contribution in [0.3, 0.4) is 0 Å². The minimum Gasteiger partial charge on any atom is -0.396 e. The Morgan fingerprint density at radius 3 is 2.85 bits per heavy atom. The molecule has 3 rings (SSSR count). The maximum atomic E-state index is 8.89. The van der Waals surface area contributed by atoms with Crippen LogP contribution in [-0.4, -0.2) is 33.2 Å². The lowest BCUT2D eigenvalue weighted by Crippen LogP contribution is -2.07. The number of aromatic amines is 1. The van der Waals surface area contributed by atoms with E-state index in [1.807, 2.05) is 42.7 Å². The van der Waals surface area contributed by atoms with Crippen LogP contribution in [0.5, 0.6) is 0 Å². The lowest BCUT2D eigenvalue weighted by atomic mass is 10.2. The van der Waals surface area contributed by atoms with Crippen molar-refractivity contribution < 1.29 is 5.11 Å². The highest BCUT2D eigenvalue weighted by molar-refractivity contribution is 5.90. The number of anilines is 1. The summed E-state index contributed by atoms with van der Waals surface area (Å²) in [5.74, 6) is 1.50. The molecular formula is C15H16N4O. The van der Waals surface area contributed by atoms with E-state index in [1.165, 1.54) is 0 Å². The number of nitrogens with zero attached hydrogens (tertiary/aromatic N) is 2. The molecule has 0 aliphatic rings. The molecule has 3 N–H and O–H groups in total. The molecule has 102 valence electrons. The van der Waals surface area contributed by atoms with Crippen LogP contribution < -0.4 is 5.32 Å². The maximum absolute atomic E-state index is 8.89. The van der Waals surface area contributed by atoms with Crippen molar-refractivity contribution in [2.75, 3.05) is 18.5 Å². The van der Waals surface area contributed by atoms with Crippen molar-refractivity contribution in [3.05, 3.63) is 42.7 Å². The zero-order valence-corrected chi connectivity index (χ0v) is 11.0. The molecule has 0 amide bonds. The smallest absolute Gasteiger partial charge is 0.163 e. The number of benzene rings is 1. The highest BCUT2D eigenvalue weighted by Gasteiger charge is 2.08. The van der Waals surface area contributed by atoms with Gasteiger partial charge in [0.15, 0.2) is 5.82 Å². The Bertz CT molecular complexity index is 694. The summed E-state index contributed by atoms with van der Waals surface area (Å²) < 4.78 is 0. The van der Waals surface area contributed by atoms with Crippen LogP contribution in [0.1, 0.15) is 6.42 Å². The standard InChI is InChI=1S/C15H16N4O/c20-9-3-7-17-15-12-4-1-2-5-13(12)18-14(19-15)11-6-8-16-10-11/h1-2,4-6,8,10,16,20H,3,7,9H2,(H,17,18,19). The van der Waals surface area contributed by atoms with E-state index < -0.39 is 0 Å². The van der Waals surface area contributed by atoms with Gasteiger partial charge in [0.2, 0.25) is 0 Å². The summed E-state index contributed by atoms with van der Waals surface area (Å²) in [6.07, 6.45) is 4.42. The third kappa shape index (κ3) is 2.48. The molecule has 1 aromatic carbocycles. The first-order chi connectivity index (χ1) is 9.88. The van der Waals surface area contributed by atoms with Gasteiger partial charge in [0, 0.05) is 36.5 Å². The molecule has 0 aliphatic heterocycles. The normalized spacial score (nSPS) is 10.8. The van der Waals surface area contributed by atoms with E-state index in [2.05, 4.69) is 20.3 Å². The van der Waals surface area contributed by atoms with Crippen LogP contribution >= 0.6 is 0 Å². The fourth-order valence-electron chi connectivity index (χ4n) is 2.09. The van der Waals surface area contributed by atoms with Crippen molar-refractivity contribution in [3.63, 3.8) is 0 Å². The SMILES string of the molecule is OCCCNc1nc(-c2cc[nH]c2)nc2ccccc12. The Balaban J connectivity index is 2.05. The molecule has 0 spiro atoms. The second-order valence-electron chi connectivity index (χ2n) is 4.52. The van der Waals surface area contributed by atoms with Gasteiger partial charge in [0.25, 0.3) is 0 Å². The molecule has 20 heavy (non-hydrogen) atoms. The number of rotatable bonds is 5. The highest BCUT2D eigenvalue weighted by Crippen LogP contribution is 2.24. The summed E-state index contributed by atoms with van der Waals surface area (Å²) in [6, 6.07) is 9.86. The highest BCUT2D eigenvalue weighted by atomic mass is 16.3. The molecule has 0 atom stereocenters. The van der Waals surface area contributed by atoms with E-state index in [-0.39, 0.29) is 6.61 Å².